The highest BCUT2D eigenvalue weighted by Crippen LogP contribution is 2.31. The van der Waals surface area contributed by atoms with E-state index in [0.717, 1.165) is 31.7 Å². The van der Waals surface area contributed by atoms with Gasteiger partial charge >= 0.3 is 0 Å². The molecule has 1 saturated heterocycles. The summed E-state index contributed by atoms with van der Waals surface area (Å²) in [7, 11) is 1.58. The number of phenolic OH excluding ortho intramolecular Hbond substituents is 1. The van der Waals surface area contributed by atoms with Gasteiger partial charge < -0.3 is 14.7 Å². The van der Waals surface area contributed by atoms with Crippen LogP contribution in [0.5, 0.6) is 11.5 Å². The molecule has 1 N–H and O–H groups in total. The number of benzene rings is 2. The molecule has 122 valence electrons. The summed E-state index contributed by atoms with van der Waals surface area (Å²) in [6.45, 7) is 5.96. The smallest absolute Gasteiger partial charge is 0.162 e. The molecule has 1 aliphatic rings. The molecule has 0 spiro atoms. The van der Waals surface area contributed by atoms with Crippen molar-refractivity contribution in [3.63, 3.8) is 0 Å². The Bertz CT molecular complexity index is 645. The molecule has 4 nitrogen and oxygen atoms in total. The Morgan fingerprint density at radius 2 is 1.87 bits per heavy atom. The van der Waals surface area contributed by atoms with Gasteiger partial charge in [-0.05, 0) is 25.1 Å². The number of methoxy groups -OCH3 is 1. The Hall–Kier alpha value is -2.20. The maximum absolute atomic E-state index is 10.3. The second kappa shape index (κ2) is 6.92. The molecule has 4 heteroatoms. The van der Waals surface area contributed by atoms with Crippen LogP contribution in [0.2, 0.25) is 0 Å². The van der Waals surface area contributed by atoms with Crippen LogP contribution in [0.25, 0.3) is 0 Å². The molecular weight excluding hydrogens is 288 g/mol. The molecule has 0 aromatic heterocycles. The van der Waals surface area contributed by atoms with Gasteiger partial charge in [0.2, 0.25) is 0 Å². The number of nitrogens with zero attached hydrogens (tertiary/aromatic N) is 2. The summed E-state index contributed by atoms with van der Waals surface area (Å²) >= 11 is 0. The maximum Gasteiger partial charge on any atom is 0.162 e. The van der Waals surface area contributed by atoms with Gasteiger partial charge in [-0.25, -0.2) is 0 Å². The summed E-state index contributed by atoms with van der Waals surface area (Å²) in [5, 5.41) is 10.3. The minimum absolute atomic E-state index is 0.257. The van der Waals surface area contributed by atoms with Crippen molar-refractivity contribution in [3.05, 3.63) is 54.1 Å². The monoisotopic (exact) mass is 312 g/mol. The predicted octanol–water partition coefficient (Wildman–Crippen LogP) is 3.11. The van der Waals surface area contributed by atoms with E-state index in [0.29, 0.717) is 11.8 Å². The third-order valence-corrected chi connectivity index (χ3v) is 4.56. The van der Waals surface area contributed by atoms with Crippen molar-refractivity contribution >= 4 is 5.69 Å². The number of piperazine rings is 1. The number of ether oxygens (including phenoxy) is 1. The molecule has 2 aromatic carbocycles. The van der Waals surface area contributed by atoms with Gasteiger partial charge in [0.25, 0.3) is 0 Å². The number of anilines is 1. The van der Waals surface area contributed by atoms with Gasteiger partial charge in [-0.3, -0.25) is 4.90 Å². The van der Waals surface area contributed by atoms with Crippen LogP contribution in [0.4, 0.5) is 5.69 Å². The lowest BCUT2D eigenvalue weighted by Gasteiger charge is -2.41. The Morgan fingerprint density at radius 1 is 1.09 bits per heavy atom. The van der Waals surface area contributed by atoms with Gasteiger partial charge in [0.15, 0.2) is 11.5 Å². The van der Waals surface area contributed by atoms with Crippen molar-refractivity contribution in [1.82, 2.24) is 4.90 Å². The maximum atomic E-state index is 10.3. The Balaban J connectivity index is 1.67. The largest absolute Gasteiger partial charge is 0.504 e. The summed E-state index contributed by atoms with van der Waals surface area (Å²) in [6, 6.07) is 16.7. The van der Waals surface area contributed by atoms with Crippen LogP contribution in [-0.4, -0.2) is 42.8 Å². The molecule has 1 unspecified atom stereocenters. The average molecular weight is 312 g/mol. The zero-order valence-electron chi connectivity index (χ0n) is 13.8. The summed E-state index contributed by atoms with van der Waals surface area (Å²) in [5.74, 6) is 0.797. The molecule has 1 heterocycles. The number of hydrogen-bond acceptors (Lipinski definition) is 4. The summed E-state index contributed by atoms with van der Waals surface area (Å²) in [5.41, 5.74) is 2.20. The van der Waals surface area contributed by atoms with E-state index >= 15 is 0 Å². The van der Waals surface area contributed by atoms with Crippen molar-refractivity contribution in [3.8, 4) is 11.5 Å². The van der Waals surface area contributed by atoms with E-state index in [1.54, 1.807) is 13.2 Å². The first-order chi connectivity index (χ1) is 11.2. The van der Waals surface area contributed by atoms with Gasteiger partial charge in [0.1, 0.15) is 0 Å². The van der Waals surface area contributed by atoms with E-state index in [9.17, 15) is 5.11 Å². The molecule has 0 aliphatic carbocycles. The molecule has 3 rings (SSSR count). The first-order valence-electron chi connectivity index (χ1n) is 8.08. The number of rotatable bonds is 4. The first-order valence-corrected chi connectivity index (χ1v) is 8.08. The fourth-order valence-electron chi connectivity index (χ4n) is 3.18. The molecule has 23 heavy (non-hydrogen) atoms. The lowest BCUT2D eigenvalue weighted by atomic mass is 10.1. The standard InChI is InChI=1S/C19H24N2O2/c1-15-13-21(17-8-4-3-5-9-17)12-11-20(15)14-16-7-6-10-18(23-2)19(16)22/h3-10,15,22H,11-14H2,1-2H3. The minimum Gasteiger partial charge on any atom is -0.504 e. The lowest BCUT2D eigenvalue weighted by Crippen LogP contribution is -2.51. The SMILES string of the molecule is COc1cccc(CN2CCN(c3ccccc3)CC2C)c1O. The van der Waals surface area contributed by atoms with Crippen molar-refractivity contribution in [2.24, 2.45) is 0 Å². The second-order valence-corrected chi connectivity index (χ2v) is 6.07. The van der Waals surface area contributed by atoms with Crippen LogP contribution in [0.15, 0.2) is 48.5 Å². The fourth-order valence-corrected chi connectivity index (χ4v) is 3.18. The van der Waals surface area contributed by atoms with Crippen molar-refractivity contribution in [2.75, 3.05) is 31.6 Å². The lowest BCUT2D eigenvalue weighted by molar-refractivity contribution is 0.179. The van der Waals surface area contributed by atoms with Crippen LogP contribution in [-0.2, 0) is 6.54 Å². The molecule has 0 radical (unpaired) electrons. The zero-order valence-corrected chi connectivity index (χ0v) is 13.8. The molecule has 1 fully saturated rings. The van der Waals surface area contributed by atoms with Crippen LogP contribution >= 0.6 is 0 Å². The van der Waals surface area contributed by atoms with Crippen LogP contribution in [0.1, 0.15) is 12.5 Å². The molecule has 1 aliphatic heterocycles. The third-order valence-electron chi connectivity index (χ3n) is 4.56. The van der Waals surface area contributed by atoms with Gasteiger partial charge in [-0.1, -0.05) is 30.3 Å². The highest BCUT2D eigenvalue weighted by atomic mass is 16.5. The highest BCUT2D eigenvalue weighted by molar-refractivity contribution is 5.47. The molecule has 0 bridgehead atoms. The Labute approximate surface area is 137 Å². The van der Waals surface area contributed by atoms with E-state index in [2.05, 4.69) is 47.1 Å². The molecule has 0 amide bonds. The molecule has 0 saturated carbocycles. The van der Waals surface area contributed by atoms with Crippen molar-refractivity contribution < 1.29 is 9.84 Å². The van der Waals surface area contributed by atoms with E-state index in [-0.39, 0.29) is 5.75 Å². The zero-order chi connectivity index (χ0) is 16.2. The molecule has 1 atom stereocenters. The minimum atomic E-state index is 0.257. The topological polar surface area (TPSA) is 35.9 Å². The van der Waals surface area contributed by atoms with E-state index in [1.165, 1.54) is 5.69 Å². The van der Waals surface area contributed by atoms with Gasteiger partial charge in [-0.2, -0.15) is 0 Å². The van der Waals surface area contributed by atoms with E-state index in [1.807, 2.05) is 12.1 Å². The normalized spacial score (nSPS) is 18.9. The highest BCUT2D eigenvalue weighted by Gasteiger charge is 2.24. The summed E-state index contributed by atoms with van der Waals surface area (Å²) in [4.78, 5) is 4.83. The number of aromatic hydroxyl groups is 1. The quantitative estimate of drug-likeness (QED) is 0.941. The third kappa shape index (κ3) is 3.42. The second-order valence-electron chi connectivity index (χ2n) is 6.07. The number of hydrogen-bond donors (Lipinski definition) is 1. The van der Waals surface area contributed by atoms with Gasteiger partial charge in [0, 0.05) is 43.5 Å². The fraction of sp³-hybridized carbons (Fsp3) is 0.368. The number of phenols is 1. The Morgan fingerprint density at radius 3 is 2.57 bits per heavy atom. The van der Waals surface area contributed by atoms with Crippen molar-refractivity contribution in [1.29, 1.82) is 0 Å². The van der Waals surface area contributed by atoms with Crippen molar-refractivity contribution in [2.45, 2.75) is 19.5 Å². The van der Waals surface area contributed by atoms with E-state index in [4.69, 9.17) is 4.74 Å². The molecular formula is C19H24N2O2. The summed E-state index contributed by atoms with van der Waals surface area (Å²) < 4.78 is 5.20. The predicted molar refractivity (Wildman–Crippen MR) is 93.2 cm³/mol. The van der Waals surface area contributed by atoms with Crippen LogP contribution < -0.4 is 9.64 Å². The van der Waals surface area contributed by atoms with E-state index < -0.39 is 0 Å². The summed E-state index contributed by atoms with van der Waals surface area (Å²) in [6.07, 6.45) is 0. The van der Waals surface area contributed by atoms with Crippen LogP contribution in [0.3, 0.4) is 0 Å². The van der Waals surface area contributed by atoms with Gasteiger partial charge in [0.05, 0.1) is 7.11 Å². The molecule has 2 aromatic rings. The van der Waals surface area contributed by atoms with Gasteiger partial charge in [-0.15, -0.1) is 0 Å². The number of para-hydroxylation sites is 2. The van der Waals surface area contributed by atoms with Crippen LogP contribution in [0, 0.1) is 0 Å². The first kappa shape index (κ1) is 15.7. The Kier molecular flexibility index (Phi) is 4.72. The average Bonchev–Trinajstić information content (AvgIpc) is 2.59.